The Hall–Kier alpha value is -1.97. The minimum absolute atomic E-state index is 0.0488. The molecule has 1 heterocycles. The summed E-state index contributed by atoms with van der Waals surface area (Å²) in [6.45, 7) is 8.73. The Morgan fingerprint density at radius 3 is 2.29 bits per heavy atom. The van der Waals surface area contributed by atoms with E-state index in [1.165, 1.54) is 11.3 Å². The molecule has 0 radical (unpaired) electrons. The van der Waals surface area contributed by atoms with Crippen LogP contribution >= 0.6 is 0 Å². The number of hydrogen-bond donors (Lipinski definition) is 1. The molecule has 1 aromatic carbocycles. The maximum atomic E-state index is 5.38. The fraction of sp³-hybridized carbons (Fsp3) is 0.471. The standard InChI is InChI=1S/C17H24N2O2/c1-7-12-15(18-19-16(12)17(2,3)4)11-8-9-13(20-5)14(10-11)21-6/h8-10H,7H2,1-6H3,(H,18,19). The first-order valence-corrected chi connectivity index (χ1v) is 7.22. The summed E-state index contributed by atoms with van der Waals surface area (Å²) in [5.41, 5.74) is 4.52. The van der Waals surface area contributed by atoms with E-state index >= 15 is 0 Å². The third-order valence-electron chi connectivity index (χ3n) is 3.63. The van der Waals surface area contributed by atoms with E-state index in [1.807, 2.05) is 18.2 Å². The lowest BCUT2D eigenvalue weighted by Crippen LogP contribution is -2.14. The van der Waals surface area contributed by atoms with E-state index in [0.29, 0.717) is 0 Å². The summed E-state index contributed by atoms with van der Waals surface area (Å²) in [4.78, 5) is 0. The topological polar surface area (TPSA) is 47.1 Å². The fourth-order valence-electron chi connectivity index (χ4n) is 2.55. The Morgan fingerprint density at radius 1 is 1.10 bits per heavy atom. The molecule has 0 fully saturated rings. The Bertz CT molecular complexity index is 624. The highest BCUT2D eigenvalue weighted by Crippen LogP contribution is 2.35. The third kappa shape index (κ3) is 2.89. The van der Waals surface area contributed by atoms with Gasteiger partial charge in [0.1, 0.15) is 0 Å². The normalized spacial score (nSPS) is 11.5. The minimum atomic E-state index is 0.0488. The van der Waals surface area contributed by atoms with E-state index in [0.717, 1.165) is 29.2 Å². The second-order valence-electron chi connectivity index (χ2n) is 6.10. The Balaban J connectivity index is 2.55. The lowest BCUT2D eigenvalue weighted by molar-refractivity contribution is 0.355. The molecule has 0 aliphatic rings. The first-order chi connectivity index (χ1) is 9.92. The van der Waals surface area contributed by atoms with Crippen LogP contribution in [0.5, 0.6) is 11.5 Å². The van der Waals surface area contributed by atoms with Gasteiger partial charge < -0.3 is 9.47 Å². The van der Waals surface area contributed by atoms with E-state index in [4.69, 9.17) is 9.47 Å². The lowest BCUT2D eigenvalue weighted by Gasteiger charge is -2.18. The quantitative estimate of drug-likeness (QED) is 0.926. The lowest BCUT2D eigenvalue weighted by atomic mass is 9.87. The van der Waals surface area contributed by atoms with Crippen LogP contribution in [0.4, 0.5) is 0 Å². The van der Waals surface area contributed by atoms with Gasteiger partial charge in [-0.2, -0.15) is 5.10 Å². The van der Waals surface area contributed by atoms with Gasteiger partial charge in [-0.05, 0) is 24.6 Å². The van der Waals surface area contributed by atoms with Crippen LogP contribution in [0.15, 0.2) is 18.2 Å². The molecule has 0 saturated heterocycles. The average Bonchev–Trinajstić information content (AvgIpc) is 2.90. The summed E-state index contributed by atoms with van der Waals surface area (Å²) >= 11 is 0. The van der Waals surface area contributed by atoms with Gasteiger partial charge in [-0.15, -0.1) is 0 Å². The van der Waals surface area contributed by atoms with E-state index < -0.39 is 0 Å². The molecule has 2 aromatic rings. The van der Waals surface area contributed by atoms with Gasteiger partial charge in [-0.3, -0.25) is 5.10 Å². The van der Waals surface area contributed by atoms with Crippen LogP contribution in [0.25, 0.3) is 11.3 Å². The summed E-state index contributed by atoms with van der Waals surface area (Å²) in [6, 6.07) is 5.91. The number of aromatic amines is 1. The number of hydrogen-bond acceptors (Lipinski definition) is 3. The highest BCUT2D eigenvalue weighted by Gasteiger charge is 2.23. The molecule has 1 N–H and O–H groups in total. The smallest absolute Gasteiger partial charge is 0.161 e. The molecule has 0 spiro atoms. The number of benzene rings is 1. The van der Waals surface area contributed by atoms with Crippen molar-refractivity contribution >= 4 is 0 Å². The molecular formula is C17H24N2O2. The van der Waals surface area contributed by atoms with Crippen molar-refractivity contribution in [3.63, 3.8) is 0 Å². The van der Waals surface area contributed by atoms with Crippen molar-refractivity contribution < 1.29 is 9.47 Å². The van der Waals surface area contributed by atoms with E-state index in [1.54, 1.807) is 14.2 Å². The Morgan fingerprint density at radius 2 is 1.76 bits per heavy atom. The van der Waals surface area contributed by atoms with Crippen molar-refractivity contribution in [2.75, 3.05) is 14.2 Å². The number of nitrogens with one attached hydrogen (secondary N) is 1. The molecule has 1 aromatic heterocycles. The molecule has 0 saturated carbocycles. The van der Waals surface area contributed by atoms with Crippen LogP contribution in [0, 0.1) is 0 Å². The van der Waals surface area contributed by atoms with E-state index in [-0.39, 0.29) is 5.41 Å². The Labute approximate surface area is 126 Å². The summed E-state index contributed by atoms with van der Waals surface area (Å²) in [7, 11) is 3.29. The van der Waals surface area contributed by atoms with Crippen LogP contribution in [-0.4, -0.2) is 24.4 Å². The van der Waals surface area contributed by atoms with Crippen LogP contribution in [0.3, 0.4) is 0 Å². The number of aromatic nitrogens is 2. The van der Waals surface area contributed by atoms with Gasteiger partial charge in [0.15, 0.2) is 11.5 Å². The molecule has 4 nitrogen and oxygen atoms in total. The van der Waals surface area contributed by atoms with Crippen molar-refractivity contribution in [2.45, 2.75) is 39.5 Å². The van der Waals surface area contributed by atoms with Crippen LogP contribution < -0.4 is 9.47 Å². The van der Waals surface area contributed by atoms with Gasteiger partial charge in [0.2, 0.25) is 0 Å². The average molecular weight is 288 g/mol. The third-order valence-corrected chi connectivity index (χ3v) is 3.63. The molecule has 0 amide bonds. The van der Waals surface area contributed by atoms with Crippen molar-refractivity contribution in [3.05, 3.63) is 29.5 Å². The van der Waals surface area contributed by atoms with Gasteiger partial charge in [0, 0.05) is 22.2 Å². The van der Waals surface area contributed by atoms with E-state index in [2.05, 4.69) is 37.9 Å². The van der Waals surface area contributed by atoms with Crippen LogP contribution in [0.1, 0.15) is 39.0 Å². The predicted molar refractivity (Wildman–Crippen MR) is 85.2 cm³/mol. The van der Waals surface area contributed by atoms with E-state index in [9.17, 15) is 0 Å². The van der Waals surface area contributed by atoms with Gasteiger partial charge in [-0.1, -0.05) is 27.7 Å². The highest BCUT2D eigenvalue weighted by atomic mass is 16.5. The molecule has 2 rings (SSSR count). The zero-order valence-electron chi connectivity index (χ0n) is 13.7. The van der Waals surface area contributed by atoms with Crippen LogP contribution in [0.2, 0.25) is 0 Å². The summed E-state index contributed by atoms with van der Waals surface area (Å²) < 4.78 is 10.7. The summed E-state index contributed by atoms with van der Waals surface area (Å²) in [5, 5.41) is 7.74. The van der Waals surface area contributed by atoms with Gasteiger partial charge in [-0.25, -0.2) is 0 Å². The number of rotatable bonds is 4. The molecule has 21 heavy (non-hydrogen) atoms. The molecule has 0 bridgehead atoms. The highest BCUT2D eigenvalue weighted by molar-refractivity contribution is 5.68. The number of nitrogens with zero attached hydrogens (tertiary/aromatic N) is 1. The number of ether oxygens (including phenoxy) is 2. The van der Waals surface area contributed by atoms with Crippen molar-refractivity contribution in [1.82, 2.24) is 10.2 Å². The Kier molecular flexibility index (Phi) is 4.26. The maximum Gasteiger partial charge on any atom is 0.161 e. The predicted octanol–water partition coefficient (Wildman–Crippen LogP) is 3.95. The summed E-state index contributed by atoms with van der Waals surface area (Å²) in [6.07, 6.45) is 0.937. The largest absolute Gasteiger partial charge is 0.493 e. The minimum Gasteiger partial charge on any atom is -0.493 e. The monoisotopic (exact) mass is 288 g/mol. The first kappa shape index (κ1) is 15.4. The SMILES string of the molecule is CCc1c(-c2ccc(OC)c(OC)c2)n[nH]c1C(C)(C)C. The zero-order valence-corrected chi connectivity index (χ0v) is 13.7. The second-order valence-corrected chi connectivity index (χ2v) is 6.10. The molecule has 114 valence electrons. The van der Waals surface area contributed by atoms with Crippen molar-refractivity contribution in [2.24, 2.45) is 0 Å². The second kappa shape index (κ2) is 5.80. The fourth-order valence-corrected chi connectivity index (χ4v) is 2.55. The molecular weight excluding hydrogens is 264 g/mol. The number of H-pyrrole nitrogens is 1. The first-order valence-electron chi connectivity index (χ1n) is 7.22. The van der Waals surface area contributed by atoms with Gasteiger partial charge >= 0.3 is 0 Å². The molecule has 0 aliphatic heterocycles. The van der Waals surface area contributed by atoms with Crippen molar-refractivity contribution in [3.8, 4) is 22.8 Å². The van der Waals surface area contributed by atoms with Crippen LogP contribution in [-0.2, 0) is 11.8 Å². The molecule has 4 heteroatoms. The molecule has 0 atom stereocenters. The molecule has 0 aliphatic carbocycles. The maximum absolute atomic E-state index is 5.38. The summed E-state index contributed by atoms with van der Waals surface area (Å²) in [5.74, 6) is 1.45. The van der Waals surface area contributed by atoms with Gasteiger partial charge in [0.05, 0.1) is 19.9 Å². The van der Waals surface area contributed by atoms with Crippen molar-refractivity contribution in [1.29, 1.82) is 0 Å². The zero-order chi connectivity index (χ0) is 15.6. The number of methoxy groups -OCH3 is 2. The van der Waals surface area contributed by atoms with Gasteiger partial charge in [0.25, 0.3) is 0 Å². The molecule has 0 unspecified atom stereocenters.